The van der Waals surface area contributed by atoms with Crippen LogP contribution in [0.2, 0.25) is 0 Å². The van der Waals surface area contributed by atoms with Crippen LogP contribution in [-0.2, 0) is 19.1 Å². The van der Waals surface area contributed by atoms with E-state index in [-0.39, 0.29) is 11.4 Å². The van der Waals surface area contributed by atoms with E-state index >= 15 is 0 Å². The summed E-state index contributed by atoms with van der Waals surface area (Å²) >= 11 is 0.812. The normalized spacial score (nSPS) is 15.9. The van der Waals surface area contributed by atoms with Crippen molar-refractivity contribution in [2.24, 2.45) is 5.73 Å². The number of hydrogen-bond donors (Lipinski definition) is 2. The molecule has 31 heavy (non-hydrogen) atoms. The fraction of sp³-hybridized carbons (Fsp3) is 0.333. The lowest BCUT2D eigenvalue weighted by molar-refractivity contribution is -0.192. The quantitative estimate of drug-likeness (QED) is 0.480. The van der Waals surface area contributed by atoms with Crippen LogP contribution >= 0.6 is 11.8 Å². The lowest BCUT2D eigenvalue weighted by Crippen LogP contribution is -2.44. The maximum atomic E-state index is 12.3. The Balaban J connectivity index is 0.000000592. The van der Waals surface area contributed by atoms with Gasteiger partial charge in [0.05, 0.1) is 25.2 Å². The van der Waals surface area contributed by atoms with Crippen molar-refractivity contribution in [2.75, 3.05) is 20.3 Å². The topological polar surface area (TPSA) is 136 Å². The van der Waals surface area contributed by atoms with E-state index in [1.165, 1.54) is 7.11 Å². The molecule has 1 heterocycles. The van der Waals surface area contributed by atoms with Crippen molar-refractivity contribution in [3.05, 3.63) is 34.7 Å². The lowest BCUT2D eigenvalue weighted by atomic mass is 10.2. The highest BCUT2D eigenvalue weighted by Gasteiger charge is 2.38. The Kier molecular flexibility index (Phi) is 9.52. The number of nitrogens with two attached hydrogens (primary N) is 1. The van der Waals surface area contributed by atoms with Gasteiger partial charge in [-0.15, -0.1) is 0 Å². The van der Waals surface area contributed by atoms with Crippen LogP contribution in [0.25, 0.3) is 6.08 Å². The first kappa shape index (κ1) is 26.0. The molecule has 9 nitrogen and oxygen atoms in total. The molecule has 0 aromatic heterocycles. The van der Waals surface area contributed by atoms with Gasteiger partial charge in [0.2, 0.25) is 0 Å². The smallest absolute Gasteiger partial charge is 0.490 e. The summed E-state index contributed by atoms with van der Waals surface area (Å²) in [6.07, 6.45) is -3.47. The third-order valence-electron chi connectivity index (χ3n) is 3.49. The van der Waals surface area contributed by atoms with Crippen LogP contribution in [-0.4, -0.2) is 65.6 Å². The minimum Gasteiger partial charge on any atom is -0.494 e. The minimum atomic E-state index is -5.08. The maximum absolute atomic E-state index is 12.3. The van der Waals surface area contributed by atoms with Crippen LogP contribution in [0, 0.1) is 0 Å². The average molecular weight is 464 g/mol. The fourth-order valence-electron chi connectivity index (χ4n) is 2.06. The number of nitrogens with zero attached hydrogens (tertiary/aromatic N) is 1. The number of ether oxygens (including phenoxy) is 2. The zero-order valence-electron chi connectivity index (χ0n) is 16.3. The largest absolute Gasteiger partial charge is 0.494 e. The number of carbonyl (C=O) groups excluding carboxylic acids is 3. The van der Waals surface area contributed by atoms with E-state index in [9.17, 15) is 27.6 Å². The van der Waals surface area contributed by atoms with Crippen molar-refractivity contribution < 1.29 is 46.9 Å². The monoisotopic (exact) mass is 464 g/mol. The number of imide groups is 1. The summed E-state index contributed by atoms with van der Waals surface area (Å²) in [5, 5.41) is 6.66. The van der Waals surface area contributed by atoms with Gasteiger partial charge in [-0.1, -0.05) is 12.1 Å². The highest BCUT2D eigenvalue weighted by molar-refractivity contribution is 8.18. The summed E-state index contributed by atoms with van der Waals surface area (Å²) in [5.74, 6) is -3.18. The summed E-state index contributed by atoms with van der Waals surface area (Å²) in [5.41, 5.74) is 6.38. The highest BCUT2D eigenvalue weighted by atomic mass is 32.2. The molecule has 0 spiro atoms. The van der Waals surface area contributed by atoms with E-state index in [1.807, 2.05) is 6.92 Å². The van der Waals surface area contributed by atoms with Crippen LogP contribution in [0.5, 0.6) is 5.75 Å². The van der Waals surface area contributed by atoms with Crippen molar-refractivity contribution in [1.29, 1.82) is 0 Å². The van der Waals surface area contributed by atoms with Crippen molar-refractivity contribution in [1.82, 2.24) is 4.90 Å². The molecule has 1 aromatic carbocycles. The number of carboxylic acids is 1. The van der Waals surface area contributed by atoms with Crippen LogP contribution in [0.1, 0.15) is 12.5 Å². The third kappa shape index (κ3) is 7.94. The van der Waals surface area contributed by atoms with Gasteiger partial charge in [-0.05, 0) is 42.5 Å². The molecule has 3 N–H and O–H groups in total. The van der Waals surface area contributed by atoms with Gasteiger partial charge < -0.3 is 20.3 Å². The molecule has 1 saturated heterocycles. The molecular weight excluding hydrogens is 445 g/mol. The Morgan fingerprint density at radius 2 is 1.81 bits per heavy atom. The van der Waals surface area contributed by atoms with E-state index in [0.29, 0.717) is 6.61 Å². The number of carboxylic acid groups (broad SMARTS) is 1. The summed E-state index contributed by atoms with van der Waals surface area (Å²) in [6.45, 7) is 2.25. The number of carbonyl (C=O) groups is 4. The van der Waals surface area contributed by atoms with E-state index in [1.54, 1.807) is 30.3 Å². The van der Waals surface area contributed by atoms with Gasteiger partial charge in [0.15, 0.2) is 0 Å². The van der Waals surface area contributed by atoms with E-state index in [0.717, 1.165) is 28.0 Å². The summed E-state index contributed by atoms with van der Waals surface area (Å²) in [6, 6.07) is 6.09. The third-order valence-corrected chi connectivity index (χ3v) is 4.40. The van der Waals surface area contributed by atoms with Crippen molar-refractivity contribution in [3.8, 4) is 5.75 Å². The molecule has 0 unspecified atom stereocenters. The second-order valence-corrected chi connectivity index (χ2v) is 6.72. The zero-order valence-corrected chi connectivity index (χ0v) is 17.2. The number of halogens is 3. The number of esters is 1. The van der Waals surface area contributed by atoms with E-state index in [4.69, 9.17) is 20.4 Å². The second kappa shape index (κ2) is 11.4. The Labute approximate surface area is 179 Å². The van der Waals surface area contributed by atoms with Gasteiger partial charge >= 0.3 is 18.1 Å². The number of thioether (sulfide) groups is 1. The first-order chi connectivity index (χ1) is 14.4. The number of hydrogen-bond acceptors (Lipinski definition) is 8. The van der Waals surface area contributed by atoms with Crippen molar-refractivity contribution in [2.45, 2.75) is 19.1 Å². The molecule has 1 fully saturated rings. The second-order valence-electron chi connectivity index (χ2n) is 5.73. The van der Waals surface area contributed by atoms with Crippen LogP contribution < -0.4 is 10.5 Å². The summed E-state index contributed by atoms with van der Waals surface area (Å²) in [7, 11) is 1.20. The molecular formula is C18H19F3N2O7S. The van der Waals surface area contributed by atoms with Gasteiger partial charge in [-0.3, -0.25) is 19.3 Å². The predicted molar refractivity (Wildman–Crippen MR) is 104 cm³/mol. The maximum Gasteiger partial charge on any atom is 0.490 e. The van der Waals surface area contributed by atoms with Gasteiger partial charge in [0.1, 0.15) is 11.8 Å². The molecule has 2 rings (SSSR count). The summed E-state index contributed by atoms with van der Waals surface area (Å²) < 4.78 is 41.6. The van der Waals surface area contributed by atoms with Gasteiger partial charge in [0, 0.05) is 0 Å². The van der Waals surface area contributed by atoms with Gasteiger partial charge in [0.25, 0.3) is 11.1 Å². The average Bonchev–Trinajstić information content (AvgIpc) is 2.96. The highest BCUT2D eigenvalue weighted by Crippen LogP contribution is 2.32. The number of aliphatic carboxylic acids is 1. The van der Waals surface area contributed by atoms with Crippen LogP contribution in [0.3, 0.4) is 0 Å². The SMILES string of the molecule is CCOc1ccc(/C=C2\SC(=O)N(C[C@H](N)C(=O)OC)C2=O)cc1.O=C(O)C(F)(F)F. The molecule has 0 aliphatic carbocycles. The Morgan fingerprint density at radius 1 is 1.26 bits per heavy atom. The zero-order chi connectivity index (χ0) is 23.8. The van der Waals surface area contributed by atoms with Crippen molar-refractivity contribution in [3.63, 3.8) is 0 Å². The number of alkyl halides is 3. The molecule has 13 heteroatoms. The molecule has 170 valence electrons. The standard InChI is InChI=1S/C16H18N2O5S.C2HF3O2/c1-3-23-11-6-4-10(5-7-11)8-13-14(19)18(16(21)24-13)9-12(17)15(20)22-2;3-2(4,5)1(6)7/h4-8,12H,3,9,17H2,1-2H3;(H,6,7)/b13-8-;/t12-;/m0./s1. The number of rotatable bonds is 6. The van der Waals surface area contributed by atoms with Gasteiger partial charge in [-0.2, -0.15) is 13.2 Å². The molecule has 0 radical (unpaired) electrons. The number of methoxy groups -OCH3 is 1. The van der Waals surface area contributed by atoms with E-state index in [2.05, 4.69) is 4.74 Å². The fourth-order valence-corrected chi connectivity index (χ4v) is 2.91. The molecule has 1 atom stereocenters. The Morgan fingerprint density at radius 3 is 2.26 bits per heavy atom. The molecule has 0 saturated carbocycles. The predicted octanol–water partition coefficient (Wildman–Crippen LogP) is 2.26. The minimum absolute atomic E-state index is 0.210. The molecule has 1 aliphatic rings. The van der Waals surface area contributed by atoms with Gasteiger partial charge in [-0.25, -0.2) is 4.79 Å². The molecule has 1 aliphatic heterocycles. The first-order valence-corrected chi connectivity index (χ1v) is 9.34. The van der Waals surface area contributed by atoms with Crippen molar-refractivity contribution >= 4 is 40.9 Å². The number of amides is 2. The Hall–Kier alpha value is -3.06. The lowest BCUT2D eigenvalue weighted by Gasteiger charge is -2.16. The van der Waals surface area contributed by atoms with Crippen LogP contribution in [0.15, 0.2) is 29.2 Å². The molecule has 2 amide bonds. The summed E-state index contributed by atoms with van der Waals surface area (Å²) in [4.78, 5) is 45.8. The first-order valence-electron chi connectivity index (χ1n) is 8.52. The molecule has 1 aromatic rings. The van der Waals surface area contributed by atoms with E-state index < -0.39 is 35.3 Å². The van der Waals surface area contributed by atoms with Crippen LogP contribution in [0.4, 0.5) is 18.0 Å². The molecule has 0 bridgehead atoms. The number of benzene rings is 1. The Bertz CT molecular complexity index is 857.